The Kier molecular flexibility index (Phi) is 4.66. The molecule has 0 bridgehead atoms. The maximum atomic E-state index is 12.1. The lowest BCUT2D eigenvalue weighted by atomic mass is 10.1. The number of aromatic carboxylic acids is 1. The molecule has 0 spiro atoms. The summed E-state index contributed by atoms with van der Waals surface area (Å²) in [6.07, 6.45) is 0.433. The van der Waals surface area contributed by atoms with Gasteiger partial charge in [0.15, 0.2) is 9.84 Å². The van der Waals surface area contributed by atoms with E-state index in [1.165, 1.54) is 19.2 Å². The van der Waals surface area contributed by atoms with Gasteiger partial charge in [-0.3, -0.25) is 4.79 Å². The van der Waals surface area contributed by atoms with Crippen LogP contribution >= 0.6 is 0 Å². The molecule has 2 N–H and O–H groups in total. The molecule has 0 saturated heterocycles. The molecule has 0 aliphatic rings. The third-order valence-corrected chi connectivity index (χ3v) is 4.32. The van der Waals surface area contributed by atoms with E-state index in [9.17, 15) is 18.0 Å². The predicted molar refractivity (Wildman–Crippen MR) is 68.9 cm³/mol. The van der Waals surface area contributed by atoms with Crippen LogP contribution in [0.15, 0.2) is 23.1 Å². The number of amides is 1. The van der Waals surface area contributed by atoms with Crippen molar-refractivity contribution < 1.29 is 23.1 Å². The topological polar surface area (TPSA) is 101 Å². The minimum atomic E-state index is -3.85. The Morgan fingerprint density at radius 3 is 2.42 bits per heavy atom. The van der Waals surface area contributed by atoms with E-state index >= 15 is 0 Å². The number of hydrogen-bond acceptors (Lipinski definition) is 4. The SMILES string of the molecule is CCc1ccc(C(=O)O)cc1S(=O)(=O)CC(=O)NC. The monoisotopic (exact) mass is 285 g/mol. The van der Waals surface area contributed by atoms with E-state index in [0.29, 0.717) is 12.0 Å². The number of hydrogen-bond donors (Lipinski definition) is 2. The van der Waals surface area contributed by atoms with Crippen molar-refractivity contribution in [3.8, 4) is 0 Å². The number of benzene rings is 1. The number of aryl methyl sites for hydroxylation is 1. The lowest BCUT2D eigenvalue weighted by Gasteiger charge is -2.09. The number of carbonyl (C=O) groups is 2. The van der Waals surface area contributed by atoms with Gasteiger partial charge in [-0.15, -0.1) is 0 Å². The lowest BCUT2D eigenvalue weighted by molar-refractivity contribution is -0.118. The van der Waals surface area contributed by atoms with Crippen LogP contribution < -0.4 is 5.32 Å². The Labute approximate surface area is 111 Å². The van der Waals surface area contributed by atoms with Gasteiger partial charge in [0.25, 0.3) is 0 Å². The summed E-state index contributed by atoms with van der Waals surface area (Å²) in [5.41, 5.74) is 0.376. The fraction of sp³-hybridized carbons (Fsp3) is 0.333. The minimum absolute atomic E-state index is 0.0986. The summed E-state index contributed by atoms with van der Waals surface area (Å²) in [5, 5.41) is 11.1. The van der Waals surface area contributed by atoms with E-state index in [1.807, 2.05) is 0 Å². The van der Waals surface area contributed by atoms with Gasteiger partial charge >= 0.3 is 5.97 Å². The van der Waals surface area contributed by atoms with E-state index in [4.69, 9.17) is 5.11 Å². The molecule has 6 nitrogen and oxygen atoms in total. The molecule has 1 amide bonds. The predicted octanol–water partition coefficient (Wildman–Crippen LogP) is 0.467. The van der Waals surface area contributed by atoms with E-state index in [2.05, 4.69) is 5.32 Å². The summed E-state index contributed by atoms with van der Waals surface area (Å²) in [6.45, 7) is 1.76. The first-order valence-corrected chi connectivity index (χ1v) is 7.26. The third-order valence-electron chi connectivity index (χ3n) is 2.63. The number of rotatable bonds is 5. The van der Waals surface area contributed by atoms with Crippen molar-refractivity contribution in [3.63, 3.8) is 0 Å². The van der Waals surface area contributed by atoms with Crippen LogP contribution in [0.25, 0.3) is 0 Å². The fourth-order valence-electron chi connectivity index (χ4n) is 1.59. The highest BCUT2D eigenvalue weighted by Gasteiger charge is 2.22. The summed E-state index contributed by atoms with van der Waals surface area (Å²) in [6, 6.07) is 3.90. The second kappa shape index (κ2) is 5.83. The van der Waals surface area contributed by atoms with Crippen LogP contribution in [0, 0.1) is 0 Å². The van der Waals surface area contributed by atoms with Gasteiger partial charge in [-0.2, -0.15) is 0 Å². The number of nitrogens with one attached hydrogen (secondary N) is 1. The van der Waals surface area contributed by atoms with Gasteiger partial charge in [-0.1, -0.05) is 13.0 Å². The first-order chi connectivity index (χ1) is 8.81. The molecule has 7 heteroatoms. The number of carboxylic acid groups (broad SMARTS) is 1. The Balaban J connectivity index is 3.34. The second-order valence-electron chi connectivity index (χ2n) is 3.91. The summed E-state index contributed by atoms with van der Waals surface area (Å²) in [4.78, 5) is 22.0. The molecule has 0 saturated carbocycles. The van der Waals surface area contributed by atoms with Crippen molar-refractivity contribution in [3.05, 3.63) is 29.3 Å². The normalized spacial score (nSPS) is 11.1. The average molecular weight is 285 g/mol. The molecule has 0 aliphatic carbocycles. The molecule has 0 unspecified atom stereocenters. The van der Waals surface area contributed by atoms with Gasteiger partial charge < -0.3 is 10.4 Å². The van der Waals surface area contributed by atoms with Crippen molar-refractivity contribution in [2.75, 3.05) is 12.8 Å². The van der Waals surface area contributed by atoms with Crippen LogP contribution in [0.4, 0.5) is 0 Å². The average Bonchev–Trinajstić information content (AvgIpc) is 2.37. The number of carbonyl (C=O) groups excluding carboxylic acids is 1. The highest BCUT2D eigenvalue weighted by atomic mass is 32.2. The summed E-state index contributed by atoms with van der Waals surface area (Å²) >= 11 is 0. The number of sulfone groups is 1. The maximum absolute atomic E-state index is 12.1. The van der Waals surface area contributed by atoms with Crippen molar-refractivity contribution in [1.82, 2.24) is 5.32 Å². The summed E-state index contributed by atoms with van der Waals surface area (Å²) in [5.74, 6) is -2.54. The van der Waals surface area contributed by atoms with Crippen molar-refractivity contribution in [2.24, 2.45) is 0 Å². The molecule has 19 heavy (non-hydrogen) atoms. The van der Waals surface area contributed by atoms with E-state index < -0.39 is 27.5 Å². The molecular formula is C12H15NO5S. The van der Waals surface area contributed by atoms with Crippen LogP contribution in [-0.4, -0.2) is 38.2 Å². The molecular weight excluding hydrogens is 270 g/mol. The Morgan fingerprint density at radius 1 is 1.32 bits per heavy atom. The lowest BCUT2D eigenvalue weighted by Crippen LogP contribution is -2.27. The second-order valence-corrected chi connectivity index (χ2v) is 5.87. The highest BCUT2D eigenvalue weighted by molar-refractivity contribution is 7.92. The van der Waals surface area contributed by atoms with Gasteiger partial charge in [-0.05, 0) is 24.1 Å². The smallest absolute Gasteiger partial charge is 0.335 e. The Morgan fingerprint density at radius 2 is 1.95 bits per heavy atom. The third kappa shape index (κ3) is 3.54. The zero-order valence-corrected chi connectivity index (χ0v) is 11.5. The molecule has 0 fully saturated rings. The first kappa shape index (κ1) is 15.2. The van der Waals surface area contributed by atoms with Crippen molar-refractivity contribution in [2.45, 2.75) is 18.2 Å². The van der Waals surface area contributed by atoms with E-state index in [1.54, 1.807) is 6.92 Å². The summed E-state index contributed by atoms with van der Waals surface area (Å²) < 4.78 is 24.2. The highest BCUT2D eigenvalue weighted by Crippen LogP contribution is 2.20. The molecule has 0 aliphatic heterocycles. The summed E-state index contributed by atoms with van der Waals surface area (Å²) in [7, 11) is -2.51. The zero-order chi connectivity index (χ0) is 14.6. The van der Waals surface area contributed by atoms with Crippen LogP contribution in [0.3, 0.4) is 0 Å². The van der Waals surface area contributed by atoms with Gasteiger partial charge in [0.2, 0.25) is 5.91 Å². The van der Waals surface area contributed by atoms with Gasteiger partial charge in [0, 0.05) is 7.05 Å². The van der Waals surface area contributed by atoms with E-state index in [-0.39, 0.29) is 10.5 Å². The quantitative estimate of drug-likeness (QED) is 0.819. The Bertz CT molecular complexity index is 607. The molecule has 1 rings (SSSR count). The molecule has 1 aromatic carbocycles. The Hall–Kier alpha value is -1.89. The van der Waals surface area contributed by atoms with Crippen LogP contribution in [0.2, 0.25) is 0 Å². The molecule has 0 aromatic heterocycles. The van der Waals surface area contributed by atoms with Gasteiger partial charge in [0.05, 0.1) is 10.5 Å². The van der Waals surface area contributed by atoms with Crippen molar-refractivity contribution in [1.29, 1.82) is 0 Å². The maximum Gasteiger partial charge on any atom is 0.335 e. The van der Waals surface area contributed by atoms with Crippen LogP contribution in [0.5, 0.6) is 0 Å². The van der Waals surface area contributed by atoms with E-state index in [0.717, 1.165) is 6.07 Å². The minimum Gasteiger partial charge on any atom is -0.478 e. The standard InChI is InChI=1S/C12H15NO5S/c1-3-8-4-5-9(12(15)16)6-10(8)19(17,18)7-11(14)13-2/h4-6H,3,7H2,1-2H3,(H,13,14)(H,15,16). The van der Waals surface area contributed by atoms with Gasteiger partial charge in [-0.25, -0.2) is 13.2 Å². The molecule has 0 radical (unpaired) electrons. The zero-order valence-electron chi connectivity index (χ0n) is 10.6. The van der Waals surface area contributed by atoms with Crippen LogP contribution in [0.1, 0.15) is 22.8 Å². The molecule has 104 valence electrons. The number of carboxylic acids is 1. The van der Waals surface area contributed by atoms with Crippen molar-refractivity contribution >= 4 is 21.7 Å². The van der Waals surface area contributed by atoms with Crippen LogP contribution in [-0.2, 0) is 21.1 Å². The molecule has 0 heterocycles. The molecule has 1 aromatic rings. The van der Waals surface area contributed by atoms with Gasteiger partial charge in [0.1, 0.15) is 5.75 Å². The molecule has 0 atom stereocenters. The largest absolute Gasteiger partial charge is 0.478 e. The fourth-order valence-corrected chi connectivity index (χ4v) is 3.16. The first-order valence-electron chi connectivity index (χ1n) is 5.61.